The van der Waals surface area contributed by atoms with E-state index in [0.29, 0.717) is 27.9 Å². The van der Waals surface area contributed by atoms with Crippen LogP contribution in [-0.4, -0.2) is 38.5 Å². The van der Waals surface area contributed by atoms with Gasteiger partial charge < -0.3 is 27.0 Å². The highest BCUT2D eigenvalue weighted by molar-refractivity contribution is 7.81. The molecule has 0 fully saturated rings. The minimum Gasteiger partial charge on any atom is -0.485 e. The molecule has 0 radical (unpaired) electrons. The van der Waals surface area contributed by atoms with E-state index >= 15 is 0 Å². The molecular formula is C26H24O13S2. The van der Waals surface area contributed by atoms with Crippen molar-refractivity contribution in [2.24, 2.45) is 0 Å². The monoisotopic (exact) mass is 608 g/mol. The number of hydrogen-bond acceptors (Lipinski definition) is 11. The number of carbonyl (C=O) groups is 1. The molecule has 0 saturated heterocycles. The maximum absolute atomic E-state index is 12.6. The second kappa shape index (κ2) is 12.1. The SMILES string of the molecule is CCOC(=O)c1c(C)oc2cc(OCc3cccc(OS(=O)(=O)O)c3)c(OCc3cccc(OS(=O)(=O)O)c3)cc12. The second-order valence-electron chi connectivity index (χ2n) is 8.44. The summed E-state index contributed by atoms with van der Waals surface area (Å²) < 4.78 is 93.9. The molecule has 0 amide bonds. The van der Waals surface area contributed by atoms with Gasteiger partial charge in [-0.25, -0.2) is 4.79 Å². The topological polar surface area (TPSA) is 185 Å². The lowest BCUT2D eigenvalue weighted by Gasteiger charge is -2.14. The first-order valence-corrected chi connectivity index (χ1v) is 14.6. The number of fused-ring (bicyclic) bond motifs is 1. The van der Waals surface area contributed by atoms with Gasteiger partial charge in [0.1, 0.15) is 41.6 Å². The lowest BCUT2D eigenvalue weighted by molar-refractivity contribution is 0.0526. The summed E-state index contributed by atoms with van der Waals surface area (Å²) in [5.74, 6) is -0.181. The first kappa shape index (κ1) is 29.7. The van der Waals surface area contributed by atoms with Crippen LogP contribution in [0.4, 0.5) is 0 Å². The van der Waals surface area contributed by atoms with E-state index < -0.39 is 26.8 Å². The van der Waals surface area contributed by atoms with E-state index in [1.165, 1.54) is 48.5 Å². The van der Waals surface area contributed by atoms with E-state index in [4.69, 9.17) is 27.7 Å². The Hall–Kier alpha value is -4.31. The molecule has 1 heterocycles. The van der Waals surface area contributed by atoms with Crippen LogP contribution in [0, 0.1) is 6.92 Å². The van der Waals surface area contributed by atoms with E-state index in [2.05, 4.69) is 8.37 Å². The van der Waals surface area contributed by atoms with Crippen LogP contribution < -0.4 is 17.8 Å². The maximum atomic E-state index is 12.6. The average molecular weight is 609 g/mol. The fraction of sp³-hybridized carbons (Fsp3) is 0.192. The minimum atomic E-state index is -4.73. The minimum absolute atomic E-state index is 0.0906. The lowest BCUT2D eigenvalue weighted by atomic mass is 10.1. The third-order valence-electron chi connectivity index (χ3n) is 5.40. The zero-order valence-corrected chi connectivity index (χ0v) is 23.2. The van der Waals surface area contributed by atoms with Crippen LogP contribution in [0.25, 0.3) is 11.0 Å². The zero-order chi connectivity index (χ0) is 29.8. The van der Waals surface area contributed by atoms with Gasteiger partial charge >= 0.3 is 26.8 Å². The second-order valence-corrected chi connectivity index (χ2v) is 10.5. The smallest absolute Gasteiger partial charge is 0.446 e. The van der Waals surface area contributed by atoms with Crippen molar-refractivity contribution in [3.8, 4) is 23.0 Å². The van der Waals surface area contributed by atoms with Crippen molar-refractivity contribution in [3.05, 3.63) is 83.1 Å². The Bertz CT molecular complexity index is 1790. The van der Waals surface area contributed by atoms with Crippen LogP contribution in [0.3, 0.4) is 0 Å². The molecule has 13 nitrogen and oxygen atoms in total. The van der Waals surface area contributed by atoms with E-state index in [-0.39, 0.29) is 48.4 Å². The van der Waals surface area contributed by atoms with Gasteiger partial charge in [-0.1, -0.05) is 24.3 Å². The summed E-state index contributed by atoms with van der Waals surface area (Å²) in [6, 6.07) is 14.7. The molecule has 0 saturated carbocycles. The number of hydrogen-bond donors (Lipinski definition) is 2. The van der Waals surface area contributed by atoms with E-state index in [1.807, 2.05) is 0 Å². The number of carbonyl (C=O) groups excluding carboxylic acids is 1. The Morgan fingerprint density at radius 3 is 1.80 bits per heavy atom. The molecule has 0 atom stereocenters. The molecular weight excluding hydrogens is 584 g/mol. The van der Waals surface area contributed by atoms with E-state index in [0.717, 1.165) is 0 Å². The first-order chi connectivity index (χ1) is 19.3. The fourth-order valence-electron chi connectivity index (χ4n) is 3.85. The molecule has 4 aromatic rings. The summed E-state index contributed by atoms with van der Waals surface area (Å²) in [7, 11) is -9.45. The van der Waals surface area contributed by atoms with Crippen molar-refractivity contribution < 1.29 is 57.7 Å². The van der Waals surface area contributed by atoms with Crippen LogP contribution in [0.1, 0.15) is 34.2 Å². The van der Waals surface area contributed by atoms with Crippen LogP contribution in [0.2, 0.25) is 0 Å². The lowest BCUT2D eigenvalue weighted by Crippen LogP contribution is -2.07. The molecule has 41 heavy (non-hydrogen) atoms. The Morgan fingerprint density at radius 1 is 0.805 bits per heavy atom. The quantitative estimate of drug-likeness (QED) is 0.170. The van der Waals surface area contributed by atoms with Crippen molar-refractivity contribution in [2.45, 2.75) is 27.1 Å². The summed E-state index contributed by atoms with van der Waals surface area (Å²) >= 11 is 0. The third kappa shape index (κ3) is 8.11. The molecule has 0 aliphatic rings. The summed E-state index contributed by atoms with van der Waals surface area (Å²) in [5.41, 5.74) is 1.47. The van der Waals surface area contributed by atoms with Gasteiger partial charge in [-0.15, -0.1) is 0 Å². The summed E-state index contributed by atoms with van der Waals surface area (Å²) in [5, 5.41) is 0.398. The highest BCUT2D eigenvalue weighted by atomic mass is 32.3. The predicted molar refractivity (Wildman–Crippen MR) is 143 cm³/mol. The van der Waals surface area contributed by atoms with Crippen molar-refractivity contribution in [1.29, 1.82) is 0 Å². The summed E-state index contributed by atoms with van der Waals surface area (Å²) in [4.78, 5) is 12.6. The molecule has 0 bridgehead atoms. The van der Waals surface area contributed by atoms with Crippen molar-refractivity contribution in [1.82, 2.24) is 0 Å². The van der Waals surface area contributed by atoms with Gasteiger partial charge in [0.05, 0.1) is 6.61 Å². The first-order valence-electron chi connectivity index (χ1n) is 11.8. The number of aryl methyl sites for hydroxylation is 1. The van der Waals surface area contributed by atoms with Crippen molar-refractivity contribution >= 4 is 37.7 Å². The van der Waals surface area contributed by atoms with Crippen molar-refractivity contribution in [2.75, 3.05) is 6.61 Å². The highest BCUT2D eigenvalue weighted by Crippen LogP contribution is 2.38. The fourth-order valence-corrected chi connectivity index (χ4v) is 4.54. The Labute approximate surface area is 235 Å². The van der Waals surface area contributed by atoms with E-state index in [9.17, 15) is 21.6 Å². The van der Waals surface area contributed by atoms with Crippen LogP contribution in [-0.2, 0) is 38.7 Å². The van der Waals surface area contributed by atoms with Gasteiger partial charge in [-0.3, -0.25) is 9.11 Å². The number of rotatable bonds is 12. The van der Waals surface area contributed by atoms with Gasteiger partial charge in [0.25, 0.3) is 0 Å². The summed E-state index contributed by atoms with van der Waals surface area (Å²) in [6.07, 6.45) is 0. The molecule has 218 valence electrons. The molecule has 2 N–H and O–H groups in total. The molecule has 0 unspecified atom stereocenters. The molecule has 15 heteroatoms. The number of ether oxygens (including phenoxy) is 3. The van der Waals surface area contributed by atoms with Crippen LogP contribution in [0.5, 0.6) is 23.0 Å². The van der Waals surface area contributed by atoms with E-state index in [1.54, 1.807) is 26.0 Å². The van der Waals surface area contributed by atoms with Gasteiger partial charge in [0, 0.05) is 11.5 Å². The van der Waals surface area contributed by atoms with Gasteiger partial charge in [-0.2, -0.15) is 16.8 Å². The molecule has 0 aliphatic carbocycles. The number of esters is 1. The zero-order valence-electron chi connectivity index (χ0n) is 21.6. The molecule has 3 aromatic carbocycles. The molecule has 0 spiro atoms. The number of furan rings is 1. The third-order valence-corrected chi connectivity index (χ3v) is 6.20. The van der Waals surface area contributed by atoms with Crippen LogP contribution in [0.15, 0.2) is 65.1 Å². The Morgan fingerprint density at radius 2 is 1.32 bits per heavy atom. The standard InChI is InChI=1S/C26H24O13S2/c1-3-34-26(27)25-16(2)37-22-13-24(36-15-18-7-5-9-20(11-18)39-41(31,32)33)23(12-21(22)25)35-14-17-6-4-8-19(10-17)38-40(28,29)30/h4-13H,3,14-15H2,1-2H3,(H,28,29,30)(H,31,32,33). The number of benzene rings is 3. The predicted octanol–water partition coefficient (Wildman–Crippen LogP) is 4.44. The largest absolute Gasteiger partial charge is 0.485 e. The highest BCUT2D eigenvalue weighted by Gasteiger charge is 2.22. The molecule has 0 aliphatic heterocycles. The Kier molecular flexibility index (Phi) is 8.72. The van der Waals surface area contributed by atoms with Gasteiger partial charge in [0.2, 0.25) is 0 Å². The summed E-state index contributed by atoms with van der Waals surface area (Å²) in [6.45, 7) is 3.23. The Balaban J connectivity index is 1.66. The van der Waals surface area contributed by atoms with Crippen molar-refractivity contribution in [3.63, 3.8) is 0 Å². The van der Waals surface area contributed by atoms with Crippen LogP contribution >= 0.6 is 0 Å². The molecule has 1 aromatic heterocycles. The average Bonchev–Trinajstić information content (AvgIpc) is 3.19. The van der Waals surface area contributed by atoms with Gasteiger partial charge in [0.15, 0.2) is 11.5 Å². The normalized spacial score (nSPS) is 11.7. The maximum Gasteiger partial charge on any atom is 0.446 e. The molecule has 4 rings (SSSR count). The van der Waals surface area contributed by atoms with Gasteiger partial charge in [-0.05, 0) is 55.3 Å².